The van der Waals surface area contributed by atoms with Crippen molar-refractivity contribution in [1.82, 2.24) is 14.8 Å². The highest BCUT2D eigenvalue weighted by Gasteiger charge is 2.20. The van der Waals surface area contributed by atoms with Crippen LogP contribution in [-0.4, -0.2) is 25.9 Å². The predicted octanol–water partition coefficient (Wildman–Crippen LogP) is 4.31. The van der Waals surface area contributed by atoms with Gasteiger partial charge in [-0.05, 0) is 57.0 Å². The molecule has 26 heavy (non-hydrogen) atoms. The fraction of sp³-hybridized carbons (Fsp3) is 0.250. The molecular formula is C20H22N4OS. The van der Waals surface area contributed by atoms with Crippen molar-refractivity contribution < 1.29 is 4.79 Å². The van der Waals surface area contributed by atoms with Crippen LogP contribution >= 0.6 is 11.8 Å². The number of nitrogens with one attached hydrogen (secondary N) is 1. The molecule has 5 nitrogen and oxygen atoms in total. The van der Waals surface area contributed by atoms with Crippen LogP contribution in [0.25, 0.3) is 5.69 Å². The van der Waals surface area contributed by atoms with Crippen LogP contribution in [0.5, 0.6) is 0 Å². The Morgan fingerprint density at radius 2 is 1.81 bits per heavy atom. The van der Waals surface area contributed by atoms with Crippen LogP contribution in [0.1, 0.15) is 23.9 Å². The van der Waals surface area contributed by atoms with E-state index < -0.39 is 0 Å². The monoisotopic (exact) mass is 366 g/mol. The molecule has 0 aliphatic carbocycles. The van der Waals surface area contributed by atoms with Crippen LogP contribution in [-0.2, 0) is 4.79 Å². The van der Waals surface area contributed by atoms with E-state index >= 15 is 0 Å². The molecule has 3 rings (SSSR count). The number of aryl methyl sites for hydroxylation is 3. The molecule has 1 N–H and O–H groups in total. The number of para-hydroxylation sites is 1. The minimum Gasteiger partial charge on any atom is -0.325 e. The number of aromatic nitrogens is 3. The predicted molar refractivity (Wildman–Crippen MR) is 106 cm³/mol. The van der Waals surface area contributed by atoms with Gasteiger partial charge in [0.15, 0.2) is 5.16 Å². The van der Waals surface area contributed by atoms with E-state index in [1.165, 1.54) is 11.8 Å². The molecule has 0 aliphatic rings. The third-order valence-corrected chi connectivity index (χ3v) is 5.15. The van der Waals surface area contributed by atoms with Crippen LogP contribution in [0.4, 0.5) is 5.69 Å². The van der Waals surface area contributed by atoms with Gasteiger partial charge in [-0.15, -0.1) is 10.2 Å². The van der Waals surface area contributed by atoms with Crippen molar-refractivity contribution in [3.8, 4) is 5.69 Å². The van der Waals surface area contributed by atoms with Crippen LogP contribution in [0.3, 0.4) is 0 Å². The lowest BCUT2D eigenvalue weighted by atomic mass is 10.1. The highest BCUT2D eigenvalue weighted by atomic mass is 32.2. The van der Waals surface area contributed by atoms with Crippen molar-refractivity contribution >= 4 is 23.4 Å². The molecule has 0 unspecified atom stereocenters. The van der Waals surface area contributed by atoms with Crippen molar-refractivity contribution in [3.63, 3.8) is 0 Å². The molecule has 0 spiro atoms. The van der Waals surface area contributed by atoms with Crippen molar-refractivity contribution in [2.75, 3.05) is 5.32 Å². The van der Waals surface area contributed by atoms with E-state index in [4.69, 9.17) is 0 Å². The fourth-order valence-corrected chi connectivity index (χ4v) is 3.52. The number of amides is 1. The molecule has 134 valence electrons. The summed E-state index contributed by atoms with van der Waals surface area (Å²) in [7, 11) is 0. The first-order valence-corrected chi connectivity index (χ1v) is 9.36. The van der Waals surface area contributed by atoms with Gasteiger partial charge in [0.05, 0.1) is 5.25 Å². The van der Waals surface area contributed by atoms with Gasteiger partial charge in [-0.25, -0.2) is 0 Å². The maximum absolute atomic E-state index is 12.6. The van der Waals surface area contributed by atoms with Crippen molar-refractivity contribution in [3.05, 3.63) is 65.5 Å². The van der Waals surface area contributed by atoms with Gasteiger partial charge in [-0.2, -0.15) is 0 Å². The maximum atomic E-state index is 12.6. The van der Waals surface area contributed by atoms with Crippen LogP contribution in [0.15, 0.2) is 53.7 Å². The molecule has 6 heteroatoms. The van der Waals surface area contributed by atoms with Gasteiger partial charge in [-0.3, -0.25) is 9.36 Å². The Balaban J connectivity index is 1.77. The lowest BCUT2D eigenvalue weighted by molar-refractivity contribution is -0.115. The first kappa shape index (κ1) is 18.2. The standard InChI is InChI=1S/C20H22N4OS/c1-13-10-11-14(2)18(12-13)21-19(25)15(3)26-20-23-22-16(4)24(20)17-8-6-5-7-9-17/h5-12,15H,1-4H3,(H,21,25)/t15-/m0/s1. The summed E-state index contributed by atoms with van der Waals surface area (Å²) in [5.41, 5.74) is 4.00. The largest absolute Gasteiger partial charge is 0.325 e. The number of thioether (sulfide) groups is 1. The average molecular weight is 366 g/mol. The van der Waals surface area contributed by atoms with Crippen molar-refractivity contribution in [2.24, 2.45) is 0 Å². The summed E-state index contributed by atoms with van der Waals surface area (Å²) in [6.07, 6.45) is 0. The lowest BCUT2D eigenvalue weighted by Crippen LogP contribution is -2.23. The zero-order valence-electron chi connectivity index (χ0n) is 15.4. The Hall–Kier alpha value is -2.60. The van der Waals surface area contributed by atoms with Gasteiger partial charge in [0, 0.05) is 11.4 Å². The Morgan fingerprint density at radius 3 is 2.54 bits per heavy atom. The van der Waals surface area contributed by atoms with E-state index in [0.29, 0.717) is 5.16 Å². The van der Waals surface area contributed by atoms with Gasteiger partial charge in [0.25, 0.3) is 0 Å². The second-order valence-corrected chi connectivity index (χ2v) is 7.58. The first-order valence-electron chi connectivity index (χ1n) is 8.48. The fourth-order valence-electron chi connectivity index (χ4n) is 2.61. The summed E-state index contributed by atoms with van der Waals surface area (Å²) < 4.78 is 1.96. The zero-order chi connectivity index (χ0) is 18.7. The number of rotatable bonds is 5. The number of benzene rings is 2. The number of anilines is 1. The topological polar surface area (TPSA) is 59.8 Å². The zero-order valence-corrected chi connectivity index (χ0v) is 16.2. The van der Waals surface area contributed by atoms with Crippen molar-refractivity contribution in [1.29, 1.82) is 0 Å². The minimum atomic E-state index is -0.305. The van der Waals surface area contributed by atoms with Gasteiger partial charge >= 0.3 is 0 Å². The molecule has 0 aliphatic heterocycles. The second-order valence-electron chi connectivity index (χ2n) is 6.27. The molecule has 1 heterocycles. The lowest BCUT2D eigenvalue weighted by Gasteiger charge is -2.14. The molecule has 3 aromatic rings. The first-order chi connectivity index (χ1) is 12.5. The van der Waals surface area contributed by atoms with Crippen LogP contribution in [0, 0.1) is 20.8 Å². The molecule has 1 aromatic heterocycles. The molecule has 0 fully saturated rings. The highest BCUT2D eigenvalue weighted by Crippen LogP contribution is 2.26. The molecule has 2 aromatic carbocycles. The van der Waals surface area contributed by atoms with Crippen LogP contribution < -0.4 is 5.32 Å². The summed E-state index contributed by atoms with van der Waals surface area (Å²) >= 11 is 1.40. The van der Waals surface area contributed by atoms with Crippen molar-refractivity contribution in [2.45, 2.75) is 38.1 Å². The summed E-state index contributed by atoms with van der Waals surface area (Å²) in [5.74, 6) is 0.741. The summed E-state index contributed by atoms with van der Waals surface area (Å²) in [6, 6.07) is 16.0. The summed E-state index contributed by atoms with van der Waals surface area (Å²) in [6.45, 7) is 7.79. The van der Waals surface area contributed by atoms with Gasteiger partial charge in [-0.1, -0.05) is 42.1 Å². The van der Waals surface area contributed by atoms with E-state index in [0.717, 1.165) is 28.3 Å². The van der Waals surface area contributed by atoms with Crippen LogP contribution in [0.2, 0.25) is 0 Å². The number of hydrogen-bond donors (Lipinski definition) is 1. The van der Waals surface area contributed by atoms with E-state index in [2.05, 4.69) is 15.5 Å². The molecule has 0 bridgehead atoms. The maximum Gasteiger partial charge on any atom is 0.237 e. The normalized spacial score (nSPS) is 12.0. The molecule has 0 radical (unpaired) electrons. The Morgan fingerprint density at radius 1 is 1.08 bits per heavy atom. The molecule has 0 saturated heterocycles. The Bertz CT molecular complexity index is 921. The summed E-state index contributed by atoms with van der Waals surface area (Å²) in [5, 5.41) is 11.8. The second kappa shape index (κ2) is 7.74. The molecular weight excluding hydrogens is 344 g/mol. The minimum absolute atomic E-state index is 0.0519. The summed E-state index contributed by atoms with van der Waals surface area (Å²) in [4.78, 5) is 12.6. The Labute approximate surface area is 157 Å². The Kier molecular flexibility index (Phi) is 5.42. The van der Waals surface area contributed by atoms with E-state index in [1.807, 2.05) is 80.8 Å². The quantitative estimate of drug-likeness (QED) is 0.684. The molecule has 1 amide bonds. The van der Waals surface area contributed by atoms with E-state index in [-0.39, 0.29) is 11.2 Å². The average Bonchev–Trinajstić information content (AvgIpc) is 2.99. The highest BCUT2D eigenvalue weighted by molar-refractivity contribution is 8.00. The number of carbonyl (C=O) groups is 1. The van der Waals surface area contributed by atoms with Gasteiger partial charge < -0.3 is 5.32 Å². The molecule has 1 atom stereocenters. The third kappa shape index (κ3) is 3.96. The molecule has 0 saturated carbocycles. The SMILES string of the molecule is Cc1ccc(C)c(NC(=O)[C@H](C)Sc2nnc(C)n2-c2ccccc2)c1. The number of carbonyl (C=O) groups excluding carboxylic acids is 1. The third-order valence-electron chi connectivity index (χ3n) is 4.11. The smallest absolute Gasteiger partial charge is 0.237 e. The van der Waals surface area contributed by atoms with E-state index in [9.17, 15) is 4.79 Å². The number of hydrogen-bond acceptors (Lipinski definition) is 4. The van der Waals surface area contributed by atoms with Gasteiger partial charge in [0.1, 0.15) is 5.82 Å². The van der Waals surface area contributed by atoms with E-state index in [1.54, 1.807) is 0 Å². The number of nitrogens with zero attached hydrogens (tertiary/aromatic N) is 3. The van der Waals surface area contributed by atoms with Gasteiger partial charge in [0.2, 0.25) is 5.91 Å².